The molecule has 0 aliphatic rings. The van der Waals surface area contributed by atoms with E-state index in [0.717, 1.165) is 5.75 Å². The number of nitrogens with one attached hydrogen (secondary N) is 1. The summed E-state index contributed by atoms with van der Waals surface area (Å²) in [5.74, 6) is 1.79. The van der Waals surface area contributed by atoms with Gasteiger partial charge in [-0.05, 0) is 37.2 Å². The molecule has 0 aliphatic carbocycles. The largest absolute Gasteiger partial charge is 0.456 e. The second kappa shape index (κ2) is 10.8. The molecule has 0 unspecified atom stereocenters. The molecule has 120 valence electrons. The standard InChI is InChI=1S/C15H17N3O2.2ClH/c16-10-4-7-15(19)18-14-9-8-13(11-17-14)20-12-5-2-1-3-6-12;;/h1-3,5-6,8-9,11H,4,7,10,16H2,(H,17,18,19);2*1H. The minimum absolute atomic E-state index is 0. The predicted octanol–water partition coefficient (Wildman–Crippen LogP) is 3.39. The lowest BCUT2D eigenvalue weighted by molar-refractivity contribution is -0.116. The fourth-order valence-electron chi connectivity index (χ4n) is 1.61. The second-order valence-corrected chi connectivity index (χ2v) is 4.23. The lowest BCUT2D eigenvalue weighted by Crippen LogP contribution is -2.14. The van der Waals surface area contributed by atoms with Gasteiger partial charge in [-0.25, -0.2) is 4.98 Å². The van der Waals surface area contributed by atoms with Gasteiger partial charge in [0.15, 0.2) is 0 Å². The van der Waals surface area contributed by atoms with E-state index < -0.39 is 0 Å². The van der Waals surface area contributed by atoms with E-state index in [-0.39, 0.29) is 30.7 Å². The van der Waals surface area contributed by atoms with Crippen molar-refractivity contribution in [3.63, 3.8) is 0 Å². The number of hydrogen-bond acceptors (Lipinski definition) is 4. The van der Waals surface area contributed by atoms with Gasteiger partial charge in [-0.15, -0.1) is 24.8 Å². The lowest BCUT2D eigenvalue weighted by atomic mass is 10.3. The molecular weight excluding hydrogens is 325 g/mol. The van der Waals surface area contributed by atoms with Crippen LogP contribution in [0, 0.1) is 0 Å². The van der Waals surface area contributed by atoms with Crippen LogP contribution in [0.15, 0.2) is 48.7 Å². The second-order valence-electron chi connectivity index (χ2n) is 4.23. The fraction of sp³-hybridized carbons (Fsp3) is 0.200. The van der Waals surface area contributed by atoms with Gasteiger partial charge < -0.3 is 15.8 Å². The highest BCUT2D eigenvalue weighted by molar-refractivity contribution is 5.89. The third-order valence-corrected chi connectivity index (χ3v) is 2.59. The van der Waals surface area contributed by atoms with Gasteiger partial charge in [-0.2, -0.15) is 0 Å². The monoisotopic (exact) mass is 343 g/mol. The van der Waals surface area contributed by atoms with Crippen LogP contribution in [-0.4, -0.2) is 17.4 Å². The number of carbonyl (C=O) groups is 1. The molecule has 1 heterocycles. The van der Waals surface area contributed by atoms with Gasteiger partial charge in [-0.3, -0.25) is 4.79 Å². The quantitative estimate of drug-likeness (QED) is 0.842. The Morgan fingerprint density at radius 3 is 2.41 bits per heavy atom. The van der Waals surface area contributed by atoms with Crippen molar-refractivity contribution in [3.8, 4) is 11.5 Å². The number of nitrogens with two attached hydrogens (primary N) is 1. The van der Waals surface area contributed by atoms with E-state index in [1.165, 1.54) is 0 Å². The summed E-state index contributed by atoms with van der Waals surface area (Å²) in [7, 11) is 0. The molecular formula is C15H19Cl2N3O2. The van der Waals surface area contributed by atoms with E-state index in [0.29, 0.717) is 31.0 Å². The summed E-state index contributed by atoms with van der Waals surface area (Å²) in [6, 6.07) is 12.9. The Morgan fingerprint density at radius 2 is 1.82 bits per heavy atom. The van der Waals surface area contributed by atoms with Crippen LogP contribution in [0.3, 0.4) is 0 Å². The summed E-state index contributed by atoms with van der Waals surface area (Å²) in [6.07, 6.45) is 2.65. The number of hydrogen-bond donors (Lipinski definition) is 2. The van der Waals surface area contributed by atoms with E-state index in [2.05, 4.69) is 10.3 Å². The summed E-state index contributed by atoms with van der Waals surface area (Å²) < 4.78 is 5.61. The Hall–Kier alpha value is -1.82. The van der Waals surface area contributed by atoms with Gasteiger partial charge >= 0.3 is 0 Å². The average Bonchev–Trinajstić information content (AvgIpc) is 2.48. The van der Waals surface area contributed by atoms with Crippen LogP contribution in [0.4, 0.5) is 5.82 Å². The molecule has 2 aromatic rings. The Bertz CT molecular complexity index is 550. The highest BCUT2D eigenvalue weighted by Gasteiger charge is 2.03. The third-order valence-electron chi connectivity index (χ3n) is 2.59. The smallest absolute Gasteiger partial charge is 0.225 e. The first kappa shape index (κ1) is 20.2. The zero-order chi connectivity index (χ0) is 14.2. The number of rotatable bonds is 6. The molecule has 7 heteroatoms. The summed E-state index contributed by atoms with van der Waals surface area (Å²) in [5, 5.41) is 2.71. The van der Waals surface area contributed by atoms with Crippen LogP contribution >= 0.6 is 24.8 Å². The van der Waals surface area contributed by atoms with E-state index in [9.17, 15) is 4.79 Å². The number of nitrogens with zero attached hydrogens (tertiary/aromatic N) is 1. The number of anilines is 1. The Labute approximate surface area is 142 Å². The van der Waals surface area contributed by atoms with Crippen LogP contribution in [0.5, 0.6) is 11.5 Å². The zero-order valence-electron chi connectivity index (χ0n) is 11.9. The molecule has 5 nitrogen and oxygen atoms in total. The highest BCUT2D eigenvalue weighted by Crippen LogP contribution is 2.20. The number of carbonyl (C=O) groups excluding carboxylic acids is 1. The van der Waals surface area contributed by atoms with Crippen LogP contribution in [0.1, 0.15) is 12.8 Å². The normalized spacial score (nSPS) is 9.14. The van der Waals surface area contributed by atoms with E-state index in [1.807, 2.05) is 30.3 Å². The number of ether oxygens (including phenoxy) is 1. The average molecular weight is 344 g/mol. The molecule has 0 radical (unpaired) electrons. The van der Waals surface area contributed by atoms with Crippen molar-refractivity contribution in [1.82, 2.24) is 4.98 Å². The first-order valence-electron chi connectivity index (χ1n) is 6.47. The molecule has 1 aromatic carbocycles. The number of halogens is 2. The zero-order valence-corrected chi connectivity index (χ0v) is 13.5. The highest BCUT2D eigenvalue weighted by atomic mass is 35.5. The maximum atomic E-state index is 11.5. The molecule has 0 saturated heterocycles. The van der Waals surface area contributed by atoms with Crippen molar-refractivity contribution in [2.24, 2.45) is 5.73 Å². The van der Waals surface area contributed by atoms with Gasteiger partial charge in [0.05, 0.1) is 6.20 Å². The summed E-state index contributed by atoms with van der Waals surface area (Å²) in [5.41, 5.74) is 5.35. The Kier molecular flexibility index (Phi) is 9.95. The van der Waals surface area contributed by atoms with Gasteiger partial charge in [-0.1, -0.05) is 18.2 Å². The molecule has 0 bridgehead atoms. The van der Waals surface area contributed by atoms with E-state index in [4.69, 9.17) is 10.5 Å². The maximum Gasteiger partial charge on any atom is 0.225 e. The van der Waals surface area contributed by atoms with Crippen molar-refractivity contribution >= 4 is 36.5 Å². The summed E-state index contributed by atoms with van der Waals surface area (Å²) >= 11 is 0. The fourth-order valence-corrected chi connectivity index (χ4v) is 1.61. The number of benzene rings is 1. The molecule has 0 atom stereocenters. The molecule has 22 heavy (non-hydrogen) atoms. The van der Waals surface area contributed by atoms with Crippen molar-refractivity contribution in [2.75, 3.05) is 11.9 Å². The van der Waals surface area contributed by atoms with E-state index in [1.54, 1.807) is 18.3 Å². The van der Waals surface area contributed by atoms with Crippen LogP contribution in [0.25, 0.3) is 0 Å². The summed E-state index contributed by atoms with van der Waals surface area (Å²) in [6.45, 7) is 0.505. The minimum atomic E-state index is -0.0836. The first-order chi connectivity index (χ1) is 9.78. The van der Waals surface area contributed by atoms with Gasteiger partial charge in [0.25, 0.3) is 0 Å². The Balaban J connectivity index is 0.00000220. The van der Waals surface area contributed by atoms with E-state index >= 15 is 0 Å². The van der Waals surface area contributed by atoms with Crippen molar-refractivity contribution in [1.29, 1.82) is 0 Å². The molecule has 2 rings (SSSR count). The number of amides is 1. The van der Waals surface area contributed by atoms with Crippen molar-refractivity contribution in [3.05, 3.63) is 48.7 Å². The third kappa shape index (κ3) is 6.76. The Morgan fingerprint density at radius 1 is 1.09 bits per heavy atom. The van der Waals surface area contributed by atoms with Gasteiger partial charge in [0.2, 0.25) is 5.91 Å². The lowest BCUT2D eigenvalue weighted by Gasteiger charge is -2.07. The van der Waals surface area contributed by atoms with Gasteiger partial charge in [0, 0.05) is 6.42 Å². The molecule has 0 aliphatic heterocycles. The number of aromatic nitrogens is 1. The first-order valence-corrected chi connectivity index (χ1v) is 6.47. The molecule has 0 saturated carbocycles. The topological polar surface area (TPSA) is 77.2 Å². The van der Waals surface area contributed by atoms with Crippen molar-refractivity contribution < 1.29 is 9.53 Å². The number of pyridine rings is 1. The van der Waals surface area contributed by atoms with Gasteiger partial charge in [0.1, 0.15) is 17.3 Å². The van der Waals surface area contributed by atoms with Crippen molar-refractivity contribution in [2.45, 2.75) is 12.8 Å². The van der Waals surface area contributed by atoms with Crippen LogP contribution < -0.4 is 15.8 Å². The summed E-state index contributed by atoms with van der Waals surface area (Å²) in [4.78, 5) is 15.6. The molecule has 0 spiro atoms. The molecule has 0 fully saturated rings. The van der Waals surface area contributed by atoms with Crippen LogP contribution in [0.2, 0.25) is 0 Å². The SMILES string of the molecule is Cl.Cl.NCCCC(=O)Nc1ccc(Oc2ccccc2)cn1. The molecule has 1 amide bonds. The molecule has 3 N–H and O–H groups in total. The predicted molar refractivity (Wildman–Crippen MR) is 92.2 cm³/mol. The maximum absolute atomic E-state index is 11.5. The number of para-hydroxylation sites is 1. The minimum Gasteiger partial charge on any atom is -0.456 e. The molecule has 1 aromatic heterocycles. The van der Waals surface area contributed by atoms with Crippen LogP contribution in [-0.2, 0) is 4.79 Å².